The van der Waals surface area contributed by atoms with Crippen molar-refractivity contribution in [2.75, 3.05) is 10.2 Å². The van der Waals surface area contributed by atoms with Crippen LogP contribution in [0.25, 0.3) is 0 Å². The molecule has 2 aliphatic rings. The Labute approximate surface area is 220 Å². The molecule has 6 nitrogen and oxygen atoms in total. The van der Waals surface area contributed by atoms with Crippen molar-refractivity contribution in [3.63, 3.8) is 0 Å². The minimum Gasteiger partial charge on any atom is -0.481 e. The number of benzene rings is 3. The third-order valence-electron chi connectivity index (χ3n) is 7.02. The summed E-state index contributed by atoms with van der Waals surface area (Å²) in [6.07, 6.45) is 0.405. The maximum absolute atomic E-state index is 13.9. The second-order valence-electron chi connectivity index (χ2n) is 9.59. The summed E-state index contributed by atoms with van der Waals surface area (Å²) in [4.78, 5) is 40.5. The van der Waals surface area contributed by atoms with E-state index < -0.39 is 12.0 Å². The molecule has 0 saturated carbocycles. The number of carbonyl (C=O) groups excluding carboxylic acids is 2. The Kier molecular flexibility index (Phi) is 6.85. The highest BCUT2D eigenvalue weighted by molar-refractivity contribution is 6.30. The van der Waals surface area contributed by atoms with E-state index in [9.17, 15) is 19.5 Å². The molecule has 3 aromatic rings. The Bertz CT molecular complexity index is 1410. The molecular formula is C30H27ClN2O4. The minimum absolute atomic E-state index is 0.0480. The molecule has 7 heteroatoms. The van der Waals surface area contributed by atoms with Crippen molar-refractivity contribution < 1.29 is 19.5 Å². The normalized spacial score (nSPS) is 19.0. The van der Waals surface area contributed by atoms with Crippen LogP contribution in [0.5, 0.6) is 0 Å². The summed E-state index contributed by atoms with van der Waals surface area (Å²) in [6.45, 7) is 1.98. The van der Waals surface area contributed by atoms with Crippen LogP contribution in [0.4, 0.5) is 11.4 Å². The summed E-state index contributed by atoms with van der Waals surface area (Å²) in [6, 6.07) is 22.1. The van der Waals surface area contributed by atoms with Crippen molar-refractivity contribution in [1.82, 2.24) is 0 Å². The maximum Gasteiger partial charge on any atom is 0.303 e. The molecule has 0 radical (unpaired) electrons. The molecule has 0 fully saturated rings. The van der Waals surface area contributed by atoms with Crippen molar-refractivity contribution in [3.8, 4) is 0 Å². The van der Waals surface area contributed by atoms with Crippen LogP contribution in [0.15, 0.2) is 84.1 Å². The second kappa shape index (κ2) is 10.2. The Balaban J connectivity index is 1.68. The van der Waals surface area contributed by atoms with Crippen LogP contribution < -0.4 is 10.2 Å². The Hall–Kier alpha value is -3.90. The fourth-order valence-corrected chi connectivity index (χ4v) is 5.46. The number of carboxylic acid groups (broad SMARTS) is 1. The molecule has 0 saturated heterocycles. The summed E-state index contributed by atoms with van der Waals surface area (Å²) in [5, 5.41) is 13.4. The fourth-order valence-electron chi connectivity index (χ4n) is 5.26. The first kappa shape index (κ1) is 24.8. The smallest absolute Gasteiger partial charge is 0.303 e. The zero-order valence-corrected chi connectivity index (χ0v) is 21.2. The number of hydrogen-bond acceptors (Lipinski definition) is 4. The van der Waals surface area contributed by atoms with Gasteiger partial charge < -0.3 is 10.4 Å². The topological polar surface area (TPSA) is 86.7 Å². The van der Waals surface area contributed by atoms with Crippen LogP contribution in [0, 0.1) is 6.92 Å². The van der Waals surface area contributed by atoms with Crippen LogP contribution in [0.2, 0.25) is 5.02 Å². The minimum atomic E-state index is -1.04. The number of rotatable bonds is 5. The summed E-state index contributed by atoms with van der Waals surface area (Å²) < 4.78 is 0. The third kappa shape index (κ3) is 5.02. The van der Waals surface area contributed by atoms with Crippen LogP contribution in [-0.2, 0) is 14.4 Å². The van der Waals surface area contributed by atoms with E-state index in [4.69, 9.17) is 11.6 Å². The van der Waals surface area contributed by atoms with Gasteiger partial charge >= 0.3 is 5.97 Å². The van der Waals surface area contributed by atoms with Gasteiger partial charge in [0.1, 0.15) is 0 Å². The number of hydrogen-bond donors (Lipinski definition) is 2. The van der Waals surface area contributed by atoms with Gasteiger partial charge in [0.25, 0.3) is 0 Å². The van der Waals surface area contributed by atoms with Gasteiger partial charge in [0.2, 0.25) is 5.91 Å². The van der Waals surface area contributed by atoms with Crippen molar-refractivity contribution in [2.45, 2.75) is 44.6 Å². The first-order chi connectivity index (χ1) is 17.8. The number of aryl methyl sites for hydroxylation is 1. The van der Waals surface area contributed by atoms with E-state index in [1.54, 1.807) is 4.90 Å². The Morgan fingerprint density at radius 3 is 2.46 bits per heavy atom. The molecule has 1 heterocycles. The van der Waals surface area contributed by atoms with Crippen molar-refractivity contribution in [1.29, 1.82) is 0 Å². The van der Waals surface area contributed by atoms with Crippen LogP contribution in [-0.4, -0.2) is 22.8 Å². The number of fused-ring (bicyclic) bond motifs is 1. The zero-order chi connectivity index (χ0) is 26.1. The van der Waals surface area contributed by atoms with Crippen LogP contribution in [0.3, 0.4) is 0 Å². The number of allylic oxidation sites excluding steroid dienone is 1. The fraction of sp³-hybridized carbons (Fsp3) is 0.233. The lowest BCUT2D eigenvalue weighted by Gasteiger charge is -2.35. The number of nitrogens with one attached hydrogen (secondary N) is 1. The van der Waals surface area contributed by atoms with E-state index >= 15 is 0 Å². The molecule has 2 N–H and O–H groups in total. The summed E-state index contributed by atoms with van der Waals surface area (Å²) in [5.74, 6) is -1.49. The van der Waals surface area contributed by atoms with E-state index in [0.29, 0.717) is 28.4 Å². The maximum atomic E-state index is 13.9. The molecule has 2 atom stereocenters. The van der Waals surface area contributed by atoms with Gasteiger partial charge in [-0.2, -0.15) is 0 Å². The van der Waals surface area contributed by atoms with Gasteiger partial charge in [0.05, 0.1) is 23.8 Å². The number of anilines is 2. The Morgan fingerprint density at radius 2 is 1.73 bits per heavy atom. The summed E-state index contributed by atoms with van der Waals surface area (Å²) in [5.41, 5.74) is 5.49. The third-order valence-corrected chi connectivity index (χ3v) is 7.26. The number of carboxylic acids is 1. The molecular weight excluding hydrogens is 488 g/mol. The number of amides is 1. The van der Waals surface area contributed by atoms with Gasteiger partial charge in [0.15, 0.2) is 5.78 Å². The SMILES string of the molecule is Cc1ccc([C@H]2C3=C(C[C@@H](c4cccc(Cl)c4)CC3=O)Nc3ccccc3N2C(=O)CCC(=O)O)cc1. The van der Waals surface area contributed by atoms with Crippen molar-refractivity contribution >= 4 is 40.6 Å². The molecule has 188 valence electrons. The number of para-hydroxylation sites is 2. The standard InChI is InChI=1S/C30H27ClN2O4/c1-18-9-11-19(12-10-18)30-29-24(16-21(17-26(29)34)20-5-4-6-22(31)15-20)32-23-7-2-3-8-25(23)33(30)27(35)13-14-28(36)37/h2-12,15,21,30,32H,13-14,16-17H2,1H3,(H,36,37)/t21-,30+/m1/s1. The van der Waals surface area contributed by atoms with Gasteiger partial charge in [-0.05, 0) is 54.7 Å². The average molecular weight is 515 g/mol. The molecule has 1 amide bonds. The van der Waals surface area contributed by atoms with E-state index in [2.05, 4.69) is 5.32 Å². The number of halogens is 1. The highest BCUT2D eigenvalue weighted by Crippen LogP contribution is 2.47. The van der Waals surface area contributed by atoms with E-state index in [-0.39, 0.29) is 36.9 Å². The lowest BCUT2D eigenvalue weighted by molar-refractivity contribution is -0.138. The quantitative estimate of drug-likeness (QED) is 0.410. The molecule has 37 heavy (non-hydrogen) atoms. The van der Waals surface area contributed by atoms with Crippen LogP contribution >= 0.6 is 11.6 Å². The number of aliphatic carboxylic acids is 1. The lowest BCUT2D eigenvalue weighted by atomic mass is 9.78. The predicted molar refractivity (Wildman–Crippen MR) is 144 cm³/mol. The second-order valence-corrected chi connectivity index (χ2v) is 10.0. The molecule has 0 bridgehead atoms. The molecule has 3 aromatic carbocycles. The van der Waals surface area contributed by atoms with Gasteiger partial charge in [-0.1, -0.05) is 65.7 Å². The van der Waals surface area contributed by atoms with E-state index in [1.165, 1.54) is 0 Å². The van der Waals surface area contributed by atoms with Gasteiger partial charge in [0, 0.05) is 29.1 Å². The highest BCUT2D eigenvalue weighted by Gasteiger charge is 2.41. The zero-order valence-electron chi connectivity index (χ0n) is 20.4. The van der Waals surface area contributed by atoms with E-state index in [0.717, 1.165) is 22.4 Å². The number of Topliss-reactive ketones (excluding diaryl/α,β-unsaturated/α-hetero) is 1. The largest absolute Gasteiger partial charge is 0.481 e. The molecule has 1 aliphatic heterocycles. The first-order valence-corrected chi connectivity index (χ1v) is 12.7. The molecule has 0 unspecified atom stereocenters. The summed E-state index contributed by atoms with van der Waals surface area (Å²) >= 11 is 6.25. The van der Waals surface area contributed by atoms with Crippen molar-refractivity contribution in [2.24, 2.45) is 0 Å². The number of carbonyl (C=O) groups is 3. The molecule has 0 spiro atoms. The highest BCUT2D eigenvalue weighted by atomic mass is 35.5. The van der Waals surface area contributed by atoms with E-state index in [1.807, 2.05) is 79.7 Å². The summed E-state index contributed by atoms with van der Waals surface area (Å²) in [7, 11) is 0. The van der Waals surface area contributed by atoms with Crippen molar-refractivity contribution in [3.05, 3.63) is 106 Å². The lowest BCUT2D eigenvalue weighted by Crippen LogP contribution is -2.38. The van der Waals surface area contributed by atoms with Crippen LogP contribution in [0.1, 0.15) is 54.3 Å². The molecule has 5 rings (SSSR count). The Morgan fingerprint density at radius 1 is 0.973 bits per heavy atom. The van der Waals surface area contributed by atoms with Gasteiger partial charge in [-0.3, -0.25) is 19.3 Å². The monoisotopic (exact) mass is 514 g/mol. The first-order valence-electron chi connectivity index (χ1n) is 12.3. The van der Waals surface area contributed by atoms with Gasteiger partial charge in [-0.15, -0.1) is 0 Å². The number of ketones is 1. The predicted octanol–water partition coefficient (Wildman–Crippen LogP) is 6.41. The number of nitrogens with zero attached hydrogens (tertiary/aromatic N) is 1. The average Bonchev–Trinajstić information content (AvgIpc) is 3.02. The molecule has 1 aliphatic carbocycles. The van der Waals surface area contributed by atoms with Gasteiger partial charge in [-0.25, -0.2) is 0 Å². The molecule has 0 aromatic heterocycles.